The van der Waals surface area contributed by atoms with Crippen LogP contribution in [0.3, 0.4) is 0 Å². The number of ether oxygens (including phenoxy) is 1. The highest BCUT2D eigenvalue weighted by Crippen LogP contribution is 2.34. The van der Waals surface area contributed by atoms with Crippen LogP contribution < -0.4 is 10.5 Å². The second kappa shape index (κ2) is 5.25. The molecule has 2 aromatic carbocycles. The molecule has 0 saturated carbocycles. The summed E-state index contributed by atoms with van der Waals surface area (Å²) in [6, 6.07) is 8.63. The number of nitrogens with two attached hydrogens (primary N) is 1. The van der Waals surface area contributed by atoms with Gasteiger partial charge < -0.3 is 15.6 Å². The number of anilines is 1. The van der Waals surface area contributed by atoms with E-state index < -0.39 is 5.97 Å². The fourth-order valence-electron chi connectivity index (χ4n) is 2.05. The minimum atomic E-state index is -1.06. The second-order valence-electron chi connectivity index (χ2n) is 4.84. The number of carboxylic acid groups (broad SMARTS) is 1. The van der Waals surface area contributed by atoms with Crippen LogP contribution in [-0.2, 0) is 0 Å². The van der Waals surface area contributed by atoms with Crippen LogP contribution in [0.25, 0.3) is 0 Å². The van der Waals surface area contributed by atoms with Gasteiger partial charge in [-0.05, 0) is 55.7 Å². The van der Waals surface area contributed by atoms with E-state index in [9.17, 15) is 9.90 Å². The molecule has 0 radical (unpaired) electrons. The lowest BCUT2D eigenvalue weighted by Gasteiger charge is -2.15. The lowest BCUT2D eigenvalue weighted by Crippen LogP contribution is -2.04. The summed E-state index contributed by atoms with van der Waals surface area (Å²) < 4.78 is 5.79. The van der Waals surface area contributed by atoms with E-state index in [0.29, 0.717) is 11.4 Å². The van der Waals surface area contributed by atoms with E-state index in [2.05, 4.69) is 6.07 Å². The zero-order valence-electron chi connectivity index (χ0n) is 11.7. The molecule has 0 aliphatic carbocycles. The second-order valence-corrected chi connectivity index (χ2v) is 4.84. The Morgan fingerprint density at radius 1 is 1.20 bits per heavy atom. The predicted molar refractivity (Wildman–Crippen MR) is 78.5 cm³/mol. The van der Waals surface area contributed by atoms with Crippen molar-refractivity contribution in [2.24, 2.45) is 0 Å². The van der Waals surface area contributed by atoms with Gasteiger partial charge in [-0.25, -0.2) is 4.79 Å². The molecule has 0 saturated heterocycles. The Morgan fingerprint density at radius 3 is 2.55 bits per heavy atom. The summed E-state index contributed by atoms with van der Waals surface area (Å²) in [6.45, 7) is 5.89. The first-order valence-corrected chi connectivity index (χ1v) is 6.27. The number of carboxylic acids is 1. The summed E-state index contributed by atoms with van der Waals surface area (Å²) in [5.74, 6) is -0.245. The standard InChI is InChI=1S/C16H17NO3/c1-9-7-10(2)11(3)14(8-9)20-15-12(16(18)19)5-4-6-13(15)17/h4-8H,17H2,1-3H3,(H,18,19). The van der Waals surface area contributed by atoms with Crippen LogP contribution in [0.15, 0.2) is 30.3 Å². The molecule has 4 nitrogen and oxygen atoms in total. The molecule has 0 aliphatic heterocycles. The molecule has 2 rings (SSSR count). The van der Waals surface area contributed by atoms with Crippen molar-refractivity contribution < 1.29 is 14.6 Å². The van der Waals surface area contributed by atoms with E-state index in [1.165, 1.54) is 6.07 Å². The summed E-state index contributed by atoms with van der Waals surface area (Å²) in [4.78, 5) is 11.2. The molecule has 2 aromatic rings. The largest absolute Gasteiger partial charge is 0.478 e. The maximum atomic E-state index is 11.2. The average molecular weight is 271 g/mol. The molecule has 3 N–H and O–H groups in total. The lowest BCUT2D eigenvalue weighted by molar-refractivity contribution is 0.0694. The van der Waals surface area contributed by atoms with Crippen molar-refractivity contribution in [3.8, 4) is 11.5 Å². The zero-order valence-corrected chi connectivity index (χ0v) is 11.7. The third kappa shape index (κ3) is 2.59. The number of aryl methyl sites for hydroxylation is 2. The summed E-state index contributed by atoms with van der Waals surface area (Å²) >= 11 is 0. The Balaban J connectivity index is 2.53. The number of hydrogen-bond acceptors (Lipinski definition) is 3. The van der Waals surface area contributed by atoms with Crippen LogP contribution >= 0.6 is 0 Å². The van der Waals surface area contributed by atoms with Crippen molar-refractivity contribution >= 4 is 11.7 Å². The Morgan fingerprint density at radius 2 is 1.90 bits per heavy atom. The van der Waals surface area contributed by atoms with Gasteiger partial charge >= 0.3 is 5.97 Å². The van der Waals surface area contributed by atoms with Gasteiger partial charge in [-0.2, -0.15) is 0 Å². The quantitative estimate of drug-likeness (QED) is 0.835. The normalized spacial score (nSPS) is 10.3. The van der Waals surface area contributed by atoms with E-state index in [1.807, 2.05) is 26.8 Å². The third-order valence-corrected chi connectivity index (χ3v) is 3.25. The molecule has 0 bridgehead atoms. The van der Waals surface area contributed by atoms with Crippen molar-refractivity contribution in [3.05, 3.63) is 52.6 Å². The van der Waals surface area contributed by atoms with Gasteiger partial charge in [0, 0.05) is 0 Å². The Kier molecular flexibility index (Phi) is 3.66. The first-order valence-electron chi connectivity index (χ1n) is 6.27. The van der Waals surface area contributed by atoms with Gasteiger partial charge in [-0.1, -0.05) is 12.1 Å². The van der Waals surface area contributed by atoms with Crippen molar-refractivity contribution in [2.45, 2.75) is 20.8 Å². The Labute approximate surface area is 117 Å². The van der Waals surface area contributed by atoms with Gasteiger partial charge in [0.2, 0.25) is 0 Å². The van der Waals surface area contributed by atoms with Gasteiger partial charge in [0.15, 0.2) is 5.75 Å². The summed E-state index contributed by atoms with van der Waals surface area (Å²) in [5, 5.41) is 9.21. The number of hydrogen-bond donors (Lipinski definition) is 2. The molecule has 104 valence electrons. The maximum Gasteiger partial charge on any atom is 0.339 e. The lowest BCUT2D eigenvalue weighted by atomic mass is 10.1. The summed E-state index contributed by atoms with van der Waals surface area (Å²) in [6.07, 6.45) is 0. The highest BCUT2D eigenvalue weighted by molar-refractivity contribution is 5.93. The number of nitrogen functional groups attached to an aromatic ring is 1. The molecule has 0 spiro atoms. The Hall–Kier alpha value is -2.49. The monoisotopic (exact) mass is 271 g/mol. The van der Waals surface area contributed by atoms with E-state index in [1.54, 1.807) is 12.1 Å². The molecular weight excluding hydrogens is 254 g/mol. The molecule has 0 amide bonds. The topological polar surface area (TPSA) is 72.5 Å². The van der Waals surface area contributed by atoms with Crippen LogP contribution in [0.1, 0.15) is 27.0 Å². The SMILES string of the molecule is Cc1cc(C)c(C)c(Oc2c(N)cccc2C(=O)O)c1. The molecule has 4 heteroatoms. The van der Waals surface area contributed by atoms with Crippen LogP contribution in [0.4, 0.5) is 5.69 Å². The molecule has 0 fully saturated rings. The molecular formula is C16H17NO3. The van der Waals surface area contributed by atoms with Crippen molar-refractivity contribution in [1.82, 2.24) is 0 Å². The molecule has 0 heterocycles. The van der Waals surface area contributed by atoms with Crippen LogP contribution in [0.5, 0.6) is 11.5 Å². The van der Waals surface area contributed by atoms with Crippen molar-refractivity contribution in [3.63, 3.8) is 0 Å². The maximum absolute atomic E-state index is 11.2. The van der Waals surface area contributed by atoms with Crippen LogP contribution in [0, 0.1) is 20.8 Å². The van der Waals surface area contributed by atoms with E-state index in [-0.39, 0.29) is 11.3 Å². The van der Waals surface area contributed by atoms with E-state index in [0.717, 1.165) is 16.7 Å². The average Bonchev–Trinajstić information content (AvgIpc) is 2.37. The van der Waals surface area contributed by atoms with Gasteiger partial charge in [0.25, 0.3) is 0 Å². The first kappa shape index (κ1) is 13.9. The van der Waals surface area contributed by atoms with Gasteiger partial charge in [0.05, 0.1) is 5.69 Å². The number of benzene rings is 2. The molecule has 0 unspecified atom stereocenters. The third-order valence-electron chi connectivity index (χ3n) is 3.25. The van der Waals surface area contributed by atoms with Crippen molar-refractivity contribution in [2.75, 3.05) is 5.73 Å². The number of para-hydroxylation sites is 1. The van der Waals surface area contributed by atoms with Gasteiger partial charge in [-0.15, -0.1) is 0 Å². The molecule has 0 atom stereocenters. The molecule has 20 heavy (non-hydrogen) atoms. The van der Waals surface area contributed by atoms with Crippen molar-refractivity contribution in [1.29, 1.82) is 0 Å². The summed E-state index contributed by atoms with van der Waals surface area (Å²) in [7, 11) is 0. The smallest absolute Gasteiger partial charge is 0.339 e. The van der Waals surface area contributed by atoms with E-state index >= 15 is 0 Å². The number of rotatable bonds is 3. The highest BCUT2D eigenvalue weighted by Gasteiger charge is 2.16. The Bertz CT molecular complexity index is 678. The van der Waals surface area contributed by atoms with Crippen LogP contribution in [0.2, 0.25) is 0 Å². The molecule has 0 aliphatic rings. The summed E-state index contributed by atoms with van der Waals surface area (Å²) in [5.41, 5.74) is 9.32. The zero-order chi connectivity index (χ0) is 14.9. The van der Waals surface area contributed by atoms with Gasteiger partial charge in [0.1, 0.15) is 11.3 Å². The first-order chi connectivity index (χ1) is 9.40. The van der Waals surface area contributed by atoms with Crippen LogP contribution in [-0.4, -0.2) is 11.1 Å². The molecule has 0 aromatic heterocycles. The van der Waals surface area contributed by atoms with E-state index in [4.69, 9.17) is 10.5 Å². The fourth-order valence-corrected chi connectivity index (χ4v) is 2.05. The number of aromatic carboxylic acids is 1. The predicted octanol–water partition coefficient (Wildman–Crippen LogP) is 3.68. The van der Waals surface area contributed by atoms with Gasteiger partial charge in [-0.3, -0.25) is 0 Å². The minimum absolute atomic E-state index is 0.0589. The highest BCUT2D eigenvalue weighted by atomic mass is 16.5. The fraction of sp³-hybridized carbons (Fsp3) is 0.188. The minimum Gasteiger partial charge on any atom is -0.478 e. The number of carbonyl (C=O) groups is 1.